The van der Waals surface area contributed by atoms with Gasteiger partial charge in [0.25, 0.3) is 0 Å². The van der Waals surface area contributed by atoms with Gasteiger partial charge < -0.3 is 20.2 Å². The van der Waals surface area contributed by atoms with Crippen LogP contribution in [-0.4, -0.2) is 24.2 Å². The quantitative estimate of drug-likeness (QED) is 0.451. The number of halogens is 2. The van der Waals surface area contributed by atoms with E-state index in [4.69, 9.17) is 26.5 Å². The third-order valence-electron chi connectivity index (χ3n) is 4.31. The van der Waals surface area contributed by atoms with Crippen LogP contribution in [0.5, 0.6) is 0 Å². The summed E-state index contributed by atoms with van der Waals surface area (Å²) in [5, 5.41) is 4.31. The lowest BCUT2D eigenvalue weighted by atomic mass is 10.1. The molecule has 0 radical (unpaired) electrons. The zero-order valence-electron chi connectivity index (χ0n) is 15.9. The molecule has 1 aliphatic heterocycles. The number of hydrogen-bond acceptors (Lipinski definition) is 6. The molecule has 0 unspecified atom stereocenters. The molecule has 1 fully saturated rings. The Bertz CT molecular complexity index is 890. The van der Waals surface area contributed by atoms with Crippen LogP contribution in [0, 0.1) is 5.82 Å². The van der Waals surface area contributed by atoms with E-state index < -0.39 is 0 Å². The molecule has 3 N–H and O–H groups in total. The molecule has 29 heavy (non-hydrogen) atoms. The Kier molecular flexibility index (Phi) is 7.94. The topological polar surface area (TPSA) is 73.3 Å². The molecule has 1 aromatic carbocycles. The third-order valence-corrected chi connectivity index (χ3v) is 5.46. The van der Waals surface area contributed by atoms with Crippen LogP contribution in [0.4, 0.5) is 4.39 Å². The molecular formula is C21H23ClFN3O2S. The molecule has 0 bridgehead atoms. The lowest BCUT2D eigenvalue weighted by Crippen LogP contribution is -2.32. The van der Waals surface area contributed by atoms with E-state index in [2.05, 4.69) is 16.9 Å². The van der Waals surface area contributed by atoms with Crippen molar-refractivity contribution in [2.75, 3.05) is 13.1 Å². The van der Waals surface area contributed by atoms with Gasteiger partial charge in [-0.15, -0.1) is 0 Å². The summed E-state index contributed by atoms with van der Waals surface area (Å²) in [4.78, 5) is 5.29. The maximum absolute atomic E-state index is 13.2. The molecule has 0 atom stereocenters. The van der Waals surface area contributed by atoms with Crippen LogP contribution < -0.4 is 11.1 Å². The maximum atomic E-state index is 13.2. The van der Waals surface area contributed by atoms with Crippen LogP contribution in [0.15, 0.2) is 68.6 Å². The number of nitrogens with zero attached hydrogens (tertiary/aromatic N) is 1. The number of benzene rings is 1. The molecule has 0 spiro atoms. The third kappa shape index (κ3) is 6.47. The standard InChI is InChI=1S/C21H23ClFN3O2S/c1-14(2-5-16(22)12-24)29-21-19(13-27-18-8-10-25-11-9-18)26-20(28-21)15-3-6-17(23)7-4-15/h2-7,12,18,25H,1,8-11,13,24H2/b5-2-,16-12+. The number of nitrogens with two attached hydrogens (primary N) is 1. The van der Waals surface area contributed by atoms with Gasteiger partial charge in [0.1, 0.15) is 11.5 Å². The molecule has 3 rings (SSSR count). The lowest BCUT2D eigenvalue weighted by Gasteiger charge is -2.22. The number of nitrogens with one attached hydrogen (secondary N) is 1. The lowest BCUT2D eigenvalue weighted by molar-refractivity contribution is 0.0181. The fraction of sp³-hybridized carbons (Fsp3) is 0.286. The van der Waals surface area contributed by atoms with Crippen molar-refractivity contribution in [1.29, 1.82) is 0 Å². The molecule has 0 saturated carbocycles. The van der Waals surface area contributed by atoms with Crippen molar-refractivity contribution in [2.45, 2.75) is 30.6 Å². The SMILES string of the molecule is C=C(/C=C\C(Cl)=C/N)Sc1oc(-c2ccc(F)cc2)nc1COC1CCNCC1. The molecule has 2 aromatic rings. The second-order valence-electron chi connectivity index (χ2n) is 6.47. The molecule has 1 saturated heterocycles. The molecule has 0 amide bonds. The Morgan fingerprint density at radius 3 is 2.76 bits per heavy atom. The van der Waals surface area contributed by atoms with E-state index in [0.717, 1.165) is 25.9 Å². The fourth-order valence-corrected chi connectivity index (χ4v) is 3.54. The highest BCUT2D eigenvalue weighted by Crippen LogP contribution is 2.34. The summed E-state index contributed by atoms with van der Waals surface area (Å²) in [6.45, 7) is 6.23. The number of rotatable bonds is 8. The Balaban J connectivity index is 1.78. The normalized spacial score (nSPS) is 15.9. The Morgan fingerprint density at radius 2 is 2.07 bits per heavy atom. The molecule has 0 aliphatic carbocycles. The number of piperidine rings is 1. The molecule has 2 heterocycles. The highest BCUT2D eigenvalue weighted by atomic mass is 35.5. The van der Waals surface area contributed by atoms with Crippen molar-refractivity contribution in [3.05, 3.63) is 70.6 Å². The van der Waals surface area contributed by atoms with E-state index in [0.29, 0.717) is 38.8 Å². The molecule has 8 heteroatoms. The number of hydrogen-bond donors (Lipinski definition) is 2. The van der Waals surface area contributed by atoms with Gasteiger partial charge in [-0.1, -0.05) is 29.9 Å². The highest BCUT2D eigenvalue weighted by Gasteiger charge is 2.19. The number of ether oxygens (including phenoxy) is 1. The minimum atomic E-state index is -0.312. The number of aromatic nitrogens is 1. The van der Waals surface area contributed by atoms with Crippen molar-refractivity contribution in [1.82, 2.24) is 10.3 Å². The second-order valence-corrected chi connectivity index (χ2v) is 8.01. The van der Waals surface area contributed by atoms with Gasteiger partial charge >= 0.3 is 0 Å². The molecule has 1 aliphatic rings. The summed E-state index contributed by atoms with van der Waals surface area (Å²) < 4.78 is 25.2. The largest absolute Gasteiger partial charge is 0.429 e. The zero-order valence-corrected chi connectivity index (χ0v) is 17.4. The molecule has 5 nitrogen and oxygen atoms in total. The van der Waals surface area contributed by atoms with E-state index in [9.17, 15) is 4.39 Å². The fourth-order valence-electron chi connectivity index (χ4n) is 2.76. The Hall–Kier alpha value is -2.06. The van der Waals surface area contributed by atoms with Crippen molar-refractivity contribution >= 4 is 23.4 Å². The van der Waals surface area contributed by atoms with Gasteiger partial charge in [-0.2, -0.15) is 0 Å². The van der Waals surface area contributed by atoms with Crippen molar-refractivity contribution < 1.29 is 13.5 Å². The number of allylic oxidation sites excluding steroid dienone is 3. The van der Waals surface area contributed by atoms with Crippen LogP contribution in [0.2, 0.25) is 0 Å². The van der Waals surface area contributed by atoms with Gasteiger partial charge in [-0.3, -0.25) is 0 Å². The minimum Gasteiger partial charge on any atom is -0.429 e. The van der Waals surface area contributed by atoms with E-state index in [-0.39, 0.29) is 11.9 Å². The summed E-state index contributed by atoms with van der Waals surface area (Å²) in [5.41, 5.74) is 6.74. The first-order valence-corrected chi connectivity index (χ1v) is 10.4. The van der Waals surface area contributed by atoms with Crippen molar-refractivity contribution in [3.63, 3.8) is 0 Å². The van der Waals surface area contributed by atoms with Crippen LogP contribution in [0.25, 0.3) is 11.5 Å². The van der Waals surface area contributed by atoms with Gasteiger partial charge in [-0.05, 0) is 62.3 Å². The first kappa shape index (κ1) is 21.6. The van der Waals surface area contributed by atoms with Crippen molar-refractivity contribution in [3.8, 4) is 11.5 Å². The monoisotopic (exact) mass is 435 g/mol. The highest BCUT2D eigenvalue weighted by molar-refractivity contribution is 8.03. The van der Waals surface area contributed by atoms with Gasteiger partial charge in [0.15, 0.2) is 5.09 Å². The summed E-state index contributed by atoms with van der Waals surface area (Å²) in [6, 6.07) is 6.02. The smallest absolute Gasteiger partial charge is 0.227 e. The second kappa shape index (κ2) is 10.6. The van der Waals surface area contributed by atoms with Crippen LogP contribution in [0.1, 0.15) is 18.5 Å². The maximum Gasteiger partial charge on any atom is 0.227 e. The average Bonchev–Trinajstić information content (AvgIpc) is 3.14. The number of thioether (sulfide) groups is 1. The molecule has 1 aromatic heterocycles. The minimum absolute atomic E-state index is 0.191. The van der Waals surface area contributed by atoms with E-state index in [1.165, 1.54) is 30.1 Å². The van der Waals surface area contributed by atoms with Gasteiger partial charge in [0.05, 0.1) is 17.7 Å². The first-order valence-electron chi connectivity index (χ1n) is 9.25. The van der Waals surface area contributed by atoms with Gasteiger partial charge in [0.2, 0.25) is 5.89 Å². The predicted octanol–water partition coefficient (Wildman–Crippen LogP) is 4.95. The predicted molar refractivity (Wildman–Crippen MR) is 115 cm³/mol. The van der Waals surface area contributed by atoms with E-state index >= 15 is 0 Å². The Labute approximate surface area is 178 Å². The Morgan fingerprint density at radius 1 is 1.34 bits per heavy atom. The first-order chi connectivity index (χ1) is 14.0. The zero-order chi connectivity index (χ0) is 20.6. The molecule has 154 valence electrons. The van der Waals surface area contributed by atoms with E-state index in [1.807, 2.05) is 0 Å². The van der Waals surface area contributed by atoms with E-state index in [1.54, 1.807) is 24.3 Å². The van der Waals surface area contributed by atoms with Gasteiger partial charge in [0, 0.05) is 16.7 Å². The summed E-state index contributed by atoms with van der Waals surface area (Å²) in [5.74, 6) is 0.0980. The number of oxazole rings is 1. The van der Waals surface area contributed by atoms with Crippen molar-refractivity contribution in [2.24, 2.45) is 5.73 Å². The van der Waals surface area contributed by atoms with Crippen LogP contribution in [-0.2, 0) is 11.3 Å². The summed E-state index contributed by atoms with van der Waals surface area (Å²) in [7, 11) is 0. The summed E-state index contributed by atoms with van der Waals surface area (Å²) in [6.07, 6.45) is 6.81. The van der Waals surface area contributed by atoms with Gasteiger partial charge in [-0.25, -0.2) is 9.37 Å². The summed E-state index contributed by atoms with van der Waals surface area (Å²) >= 11 is 7.21. The van der Waals surface area contributed by atoms with Crippen LogP contribution >= 0.6 is 23.4 Å². The van der Waals surface area contributed by atoms with Crippen LogP contribution in [0.3, 0.4) is 0 Å². The molecular weight excluding hydrogens is 413 g/mol. The average molecular weight is 436 g/mol.